The van der Waals surface area contributed by atoms with Gasteiger partial charge < -0.3 is 14.4 Å². The summed E-state index contributed by atoms with van der Waals surface area (Å²) in [6, 6.07) is 20.3. The molecular formula is C30H28Cl2FN3O. The van der Waals surface area contributed by atoms with Gasteiger partial charge in [-0.2, -0.15) is 0 Å². The summed E-state index contributed by atoms with van der Waals surface area (Å²) in [6.07, 6.45) is 2.03. The second-order valence-electron chi connectivity index (χ2n) is 9.53. The highest BCUT2D eigenvalue weighted by Crippen LogP contribution is 2.32. The molecule has 2 heterocycles. The zero-order chi connectivity index (χ0) is 26.1. The van der Waals surface area contributed by atoms with Crippen LogP contribution in [0.1, 0.15) is 27.2 Å². The van der Waals surface area contributed by atoms with E-state index in [0.29, 0.717) is 48.5 Å². The van der Waals surface area contributed by atoms with Crippen molar-refractivity contribution >= 4 is 34.8 Å². The van der Waals surface area contributed by atoms with Crippen LogP contribution in [0.3, 0.4) is 0 Å². The van der Waals surface area contributed by atoms with Crippen LogP contribution in [0.5, 0.6) is 0 Å². The molecule has 4 nitrogen and oxygen atoms in total. The minimum Gasteiger partial charge on any atom is -0.368 e. The van der Waals surface area contributed by atoms with Crippen LogP contribution >= 0.6 is 23.2 Å². The molecule has 3 aromatic carbocycles. The Kier molecular flexibility index (Phi) is 7.27. The van der Waals surface area contributed by atoms with Gasteiger partial charge in [-0.05, 0) is 60.9 Å². The smallest absolute Gasteiger partial charge is 0.271 e. The minimum absolute atomic E-state index is 0.000393. The van der Waals surface area contributed by atoms with E-state index < -0.39 is 0 Å². The van der Waals surface area contributed by atoms with E-state index in [9.17, 15) is 9.18 Å². The van der Waals surface area contributed by atoms with Crippen molar-refractivity contribution < 1.29 is 9.18 Å². The van der Waals surface area contributed by atoms with E-state index in [4.69, 9.17) is 23.2 Å². The van der Waals surface area contributed by atoms with Gasteiger partial charge in [0.05, 0.1) is 10.0 Å². The third-order valence-electron chi connectivity index (χ3n) is 6.91. The zero-order valence-electron chi connectivity index (χ0n) is 20.8. The number of benzene rings is 3. The first-order valence-corrected chi connectivity index (χ1v) is 13.1. The summed E-state index contributed by atoms with van der Waals surface area (Å²) >= 11 is 12.3. The Hall–Kier alpha value is -3.28. The fourth-order valence-electron chi connectivity index (χ4n) is 4.92. The quantitative estimate of drug-likeness (QED) is 0.269. The summed E-state index contributed by atoms with van der Waals surface area (Å²) < 4.78 is 15.5. The number of aromatic nitrogens is 1. The molecule has 0 saturated carbocycles. The van der Waals surface area contributed by atoms with Gasteiger partial charge in [-0.15, -0.1) is 0 Å². The van der Waals surface area contributed by atoms with E-state index in [1.54, 1.807) is 18.2 Å². The molecule has 0 aliphatic carbocycles. The summed E-state index contributed by atoms with van der Waals surface area (Å²) in [4.78, 5) is 18.2. The van der Waals surface area contributed by atoms with Gasteiger partial charge in [0.2, 0.25) is 0 Å². The van der Waals surface area contributed by atoms with Crippen LogP contribution in [0.25, 0.3) is 11.1 Å². The average molecular weight is 536 g/mol. The molecule has 190 valence electrons. The number of anilines is 1. The van der Waals surface area contributed by atoms with Crippen LogP contribution in [-0.2, 0) is 6.54 Å². The van der Waals surface area contributed by atoms with Crippen molar-refractivity contribution in [1.82, 2.24) is 9.47 Å². The lowest BCUT2D eigenvalue weighted by Gasteiger charge is -2.36. The van der Waals surface area contributed by atoms with Crippen LogP contribution in [0.2, 0.25) is 10.0 Å². The molecule has 0 radical (unpaired) electrons. The maximum absolute atomic E-state index is 14.1. The number of aryl methyl sites for hydroxylation is 2. The SMILES string of the molecule is Cc1ccc(-c2c(C)cn(Cc3ccc(F)cc3)c2C(=O)N2CCN(c3ccc(Cl)c(Cl)c3)CC2)cc1. The van der Waals surface area contributed by atoms with Crippen molar-refractivity contribution in [3.63, 3.8) is 0 Å². The summed E-state index contributed by atoms with van der Waals surface area (Å²) in [5.41, 5.74) is 6.75. The molecule has 4 aromatic rings. The molecule has 7 heteroatoms. The van der Waals surface area contributed by atoms with E-state index in [2.05, 4.69) is 36.1 Å². The average Bonchev–Trinajstić information content (AvgIpc) is 3.22. The van der Waals surface area contributed by atoms with Crippen LogP contribution in [0.15, 0.2) is 72.9 Å². The van der Waals surface area contributed by atoms with E-state index in [1.165, 1.54) is 17.7 Å². The van der Waals surface area contributed by atoms with Crippen LogP contribution in [0.4, 0.5) is 10.1 Å². The Morgan fingerprint density at radius 3 is 2.19 bits per heavy atom. The van der Waals surface area contributed by atoms with Crippen molar-refractivity contribution in [2.24, 2.45) is 0 Å². The molecule has 1 aromatic heterocycles. The van der Waals surface area contributed by atoms with Gasteiger partial charge in [-0.1, -0.05) is 65.2 Å². The van der Waals surface area contributed by atoms with E-state index in [0.717, 1.165) is 27.9 Å². The largest absolute Gasteiger partial charge is 0.368 e. The Morgan fingerprint density at radius 1 is 0.865 bits per heavy atom. The maximum Gasteiger partial charge on any atom is 0.271 e. The Labute approximate surface area is 226 Å². The minimum atomic E-state index is -0.274. The van der Waals surface area contributed by atoms with Crippen molar-refractivity contribution in [2.75, 3.05) is 31.1 Å². The Morgan fingerprint density at radius 2 is 1.54 bits per heavy atom. The first kappa shape index (κ1) is 25.4. The van der Waals surface area contributed by atoms with Gasteiger partial charge >= 0.3 is 0 Å². The fourth-order valence-corrected chi connectivity index (χ4v) is 5.21. The molecule has 1 aliphatic heterocycles. The van der Waals surface area contributed by atoms with Gasteiger partial charge in [0.1, 0.15) is 11.5 Å². The predicted octanol–water partition coefficient (Wildman–Crippen LogP) is 7.23. The van der Waals surface area contributed by atoms with Crippen molar-refractivity contribution in [3.05, 3.63) is 111 Å². The highest BCUT2D eigenvalue weighted by atomic mass is 35.5. The first-order valence-electron chi connectivity index (χ1n) is 12.3. The first-order chi connectivity index (χ1) is 17.8. The summed E-state index contributed by atoms with van der Waals surface area (Å²) in [5, 5.41) is 1.05. The number of piperazine rings is 1. The van der Waals surface area contributed by atoms with Gasteiger partial charge in [-0.25, -0.2) is 4.39 Å². The molecule has 0 unspecified atom stereocenters. The monoisotopic (exact) mass is 535 g/mol. The number of carbonyl (C=O) groups excluding carboxylic acids is 1. The van der Waals surface area contributed by atoms with Crippen LogP contribution in [0, 0.1) is 19.7 Å². The molecule has 37 heavy (non-hydrogen) atoms. The summed E-state index contributed by atoms with van der Waals surface area (Å²) in [5.74, 6) is -0.275. The van der Waals surface area contributed by atoms with Crippen molar-refractivity contribution in [1.29, 1.82) is 0 Å². The molecule has 1 fully saturated rings. The molecule has 1 saturated heterocycles. The second kappa shape index (κ2) is 10.6. The highest BCUT2D eigenvalue weighted by molar-refractivity contribution is 6.42. The van der Waals surface area contributed by atoms with Gasteiger partial charge in [0.25, 0.3) is 5.91 Å². The van der Waals surface area contributed by atoms with E-state index in [-0.39, 0.29) is 11.7 Å². The Balaban J connectivity index is 1.45. The lowest BCUT2D eigenvalue weighted by molar-refractivity contribution is 0.0737. The third-order valence-corrected chi connectivity index (χ3v) is 7.65. The normalized spacial score (nSPS) is 13.8. The molecule has 0 spiro atoms. The fraction of sp³-hybridized carbons (Fsp3) is 0.233. The number of hydrogen-bond donors (Lipinski definition) is 0. The molecule has 1 aliphatic rings. The number of carbonyl (C=O) groups is 1. The summed E-state index contributed by atoms with van der Waals surface area (Å²) in [6.45, 7) is 7.14. The van der Waals surface area contributed by atoms with E-state index >= 15 is 0 Å². The van der Waals surface area contributed by atoms with Gasteiger partial charge in [0, 0.05) is 50.2 Å². The van der Waals surface area contributed by atoms with Crippen LogP contribution < -0.4 is 4.90 Å². The lowest BCUT2D eigenvalue weighted by atomic mass is 10.00. The topological polar surface area (TPSA) is 28.5 Å². The highest BCUT2D eigenvalue weighted by Gasteiger charge is 2.28. The lowest BCUT2D eigenvalue weighted by Crippen LogP contribution is -2.49. The molecule has 0 N–H and O–H groups in total. The third kappa shape index (κ3) is 5.39. The molecular weight excluding hydrogens is 508 g/mol. The van der Waals surface area contributed by atoms with Gasteiger partial charge in [0.15, 0.2) is 0 Å². The van der Waals surface area contributed by atoms with Crippen molar-refractivity contribution in [3.8, 4) is 11.1 Å². The maximum atomic E-state index is 14.1. The second-order valence-corrected chi connectivity index (χ2v) is 10.3. The summed E-state index contributed by atoms with van der Waals surface area (Å²) in [7, 11) is 0. The molecule has 1 amide bonds. The zero-order valence-corrected chi connectivity index (χ0v) is 22.4. The number of rotatable bonds is 5. The standard InChI is InChI=1S/C30H28Cl2FN3O/c1-20-3-7-23(8-4-20)28-21(2)18-36(19-22-5-9-24(33)10-6-22)29(28)30(37)35-15-13-34(14-16-35)25-11-12-26(31)27(32)17-25/h3-12,17-18H,13-16,19H2,1-2H3. The van der Waals surface area contributed by atoms with Crippen LogP contribution in [-0.4, -0.2) is 41.6 Å². The van der Waals surface area contributed by atoms with Gasteiger partial charge in [-0.3, -0.25) is 4.79 Å². The van der Waals surface area contributed by atoms with Crippen molar-refractivity contribution in [2.45, 2.75) is 20.4 Å². The predicted molar refractivity (Wildman–Crippen MR) is 149 cm³/mol. The Bertz CT molecular complexity index is 1420. The van der Waals surface area contributed by atoms with E-state index in [1.807, 2.05) is 34.7 Å². The number of amides is 1. The number of halogens is 3. The number of hydrogen-bond acceptors (Lipinski definition) is 2. The molecule has 0 bridgehead atoms. The molecule has 5 rings (SSSR count). The molecule has 0 atom stereocenters. The number of nitrogens with zero attached hydrogens (tertiary/aromatic N) is 3.